The Morgan fingerprint density at radius 2 is 1.94 bits per heavy atom. The maximum Gasteiger partial charge on any atom is 0.357 e. The second-order valence-corrected chi connectivity index (χ2v) is 3.96. The van der Waals surface area contributed by atoms with Crippen LogP contribution in [0.1, 0.15) is 10.5 Å². The number of benzene rings is 2. The molecule has 1 N–H and O–H groups in total. The molecule has 0 bridgehead atoms. The summed E-state index contributed by atoms with van der Waals surface area (Å²) in [6.45, 7) is 0. The second-order valence-electron chi connectivity index (χ2n) is 3.96. The average Bonchev–Trinajstić information content (AvgIpc) is 2.67. The molecule has 0 atom stereocenters. The largest absolute Gasteiger partial charge is 0.476 e. The number of aryl methyl sites for hydroxylation is 1. The van der Waals surface area contributed by atoms with E-state index in [-0.39, 0.29) is 5.69 Å². The van der Waals surface area contributed by atoms with Crippen molar-refractivity contribution in [3.05, 3.63) is 42.1 Å². The number of nitrogens with zero attached hydrogens (tertiary/aromatic N) is 2. The molecule has 0 aliphatic rings. The molecule has 1 heterocycles. The molecule has 0 spiro atoms. The van der Waals surface area contributed by atoms with Gasteiger partial charge in [0.15, 0.2) is 5.69 Å². The predicted molar refractivity (Wildman–Crippen MR) is 65.2 cm³/mol. The molecule has 17 heavy (non-hydrogen) atoms. The summed E-state index contributed by atoms with van der Waals surface area (Å²) >= 11 is 0. The van der Waals surface area contributed by atoms with E-state index in [1.165, 1.54) is 0 Å². The molecule has 3 aromatic rings. The van der Waals surface area contributed by atoms with Crippen LogP contribution in [0.25, 0.3) is 21.7 Å². The van der Waals surface area contributed by atoms with Crippen LogP contribution in [-0.4, -0.2) is 20.9 Å². The van der Waals surface area contributed by atoms with Gasteiger partial charge in [0.05, 0.1) is 5.52 Å². The standard InChI is InChI=1S/C13H10N2O2/c1-15-12-9-5-3-2-4-8(9)6-7-10(12)11(14-15)13(16)17/h2-7H,1H3,(H,16,17). The minimum absolute atomic E-state index is 0.105. The summed E-state index contributed by atoms with van der Waals surface area (Å²) in [7, 11) is 1.77. The van der Waals surface area contributed by atoms with Crippen molar-refractivity contribution in [2.75, 3.05) is 0 Å². The topological polar surface area (TPSA) is 55.1 Å². The molecule has 0 unspecified atom stereocenters. The van der Waals surface area contributed by atoms with Crippen molar-refractivity contribution in [3.8, 4) is 0 Å². The van der Waals surface area contributed by atoms with Crippen molar-refractivity contribution in [2.24, 2.45) is 7.05 Å². The van der Waals surface area contributed by atoms with E-state index in [9.17, 15) is 4.79 Å². The Morgan fingerprint density at radius 3 is 2.71 bits per heavy atom. The molecule has 4 heteroatoms. The Labute approximate surface area is 97.1 Å². The zero-order valence-electron chi connectivity index (χ0n) is 9.21. The van der Waals surface area contributed by atoms with E-state index in [0.29, 0.717) is 5.39 Å². The maximum absolute atomic E-state index is 11.1. The zero-order chi connectivity index (χ0) is 12.0. The lowest BCUT2D eigenvalue weighted by Crippen LogP contribution is -1.99. The van der Waals surface area contributed by atoms with Gasteiger partial charge >= 0.3 is 5.97 Å². The highest BCUT2D eigenvalue weighted by Gasteiger charge is 2.16. The number of carboxylic acid groups (broad SMARTS) is 1. The number of hydrogen-bond acceptors (Lipinski definition) is 2. The van der Waals surface area contributed by atoms with Crippen molar-refractivity contribution in [3.63, 3.8) is 0 Å². The van der Waals surface area contributed by atoms with Gasteiger partial charge in [-0.05, 0) is 11.5 Å². The van der Waals surface area contributed by atoms with Crippen LogP contribution in [-0.2, 0) is 7.05 Å². The Kier molecular flexibility index (Phi) is 1.92. The van der Waals surface area contributed by atoms with Crippen LogP contribution in [0.15, 0.2) is 36.4 Å². The lowest BCUT2D eigenvalue weighted by molar-refractivity contribution is 0.0691. The maximum atomic E-state index is 11.1. The van der Waals surface area contributed by atoms with Gasteiger partial charge in [-0.15, -0.1) is 0 Å². The third kappa shape index (κ3) is 1.30. The Bertz CT molecular complexity index is 744. The first-order chi connectivity index (χ1) is 8.18. The summed E-state index contributed by atoms with van der Waals surface area (Å²) in [5.41, 5.74) is 0.966. The van der Waals surface area contributed by atoms with E-state index < -0.39 is 5.97 Å². The van der Waals surface area contributed by atoms with Crippen LogP contribution >= 0.6 is 0 Å². The van der Waals surface area contributed by atoms with Crippen LogP contribution in [0.4, 0.5) is 0 Å². The van der Waals surface area contributed by atoms with Crippen LogP contribution in [0.2, 0.25) is 0 Å². The van der Waals surface area contributed by atoms with E-state index in [1.807, 2.05) is 36.4 Å². The van der Waals surface area contributed by atoms with Crippen molar-refractivity contribution >= 4 is 27.6 Å². The molecule has 84 valence electrons. The Hall–Kier alpha value is -2.36. The van der Waals surface area contributed by atoms with Gasteiger partial charge in [-0.1, -0.05) is 30.3 Å². The van der Waals surface area contributed by atoms with Gasteiger partial charge in [0.25, 0.3) is 0 Å². The fraction of sp³-hybridized carbons (Fsp3) is 0.0769. The minimum atomic E-state index is -0.995. The Balaban J connectivity index is 2.55. The monoisotopic (exact) mass is 226 g/mol. The SMILES string of the molecule is Cn1nc(C(=O)O)c2ccc3ccccc3c21. The van der Waals surface area contributed by atoms with E-state index >= 15 is 0 Å². The number of carboxylic acids is 1. The molecule has 0 radical (unpaired) electrons. The first kappa shape index (κ1) is 9.84. The molecule has 0 amide bonds. The molecule has 3 rings (SSSR count). The lowest BCUT2D eigenvalue weighted by Gasteiger charge is -2.00. The summed E-state index contributed by atoms with van der Waals surface area (Å²) < 4.78 is 1.63. The third-order valence-electron chi connectivity index (χ3n) is 2.93. The predicted octanol–water partition coefficient (Wildman–Crippen LogP) is 2.42. The summed E-state index contributed by atoms with van der Waals surface area (Å²) in [6.07, 6.45) is 0. The minimum Gasteiger partial charge on any atom is -0.476 e. The number of hydrogen-bond donors (Lipinski definition) is 1. The van der Waals surface area contributed by atoms with Crippen molar-refractivity contribution in [1.82, 2.24) is 9.78 Å². The molecule has 0 saturated heterocycles. The van der Waals surface area contributed by atoms with Crippen molar-refractivity contribution in [1.29, 1.82) is 0 Å². The van der Waals surface area contributed by atoms with Crippen molar-refractivity contribution in [2.45, 2.75) is 0 Å². The highest BCUT2D eigenvalue weighted by atomic mass is 16.4. The Morgan fingerprint density at radius 1 is 1.18 bits per heavy atom. The first-order valence-electron chi connectivity index (χ1n) is 5.26. The van der Waals surface area contributed by atoms with E-state index in [1.54, 1.807) is 11.7 Å². The van der Waals surface area contributed by atoms with Crippen molar-refractivity contribution < 1.29 is 9.90 Å². The van der Waals surface area contributed by atoms with Crippen LogP contribution in [0.5, 0.6) is 0 Å². The molecule has 0 aliphatic carbocycles. The van der Waals surface area contributed by atoms with Gasteiger partial charge in [0.2, 0.25) is 0 Å². The molecular weight excluding hydrogens is 216 g/mol. The molecule has 0 aliphatic heterocycles. The summed E-state index contributed by atoms with van der Waals surface area (Å²) in [6, 6.07) is 11.6. The summed E-state index contributed by atoms with van der Waals surface area (Å²) in [5, 5.41) is 15.9. The van der Waals surface area contributed by atoms with Gasteiger partial charge in [-0.2, -0.15) is 5.10 Å². The summed E-state index contributed by atoms with van der Waals surface area (Å²) in [5.74, 6) is -0.995. The fourth-order valence-corrected chi connectivity index (χ4v) is 2.21. The quantitative estimate of drug-likeness (QED) is 0.693. The molecule has 1 aromatic heterocycles. The number of rotatable bonds is 1. The van der Waals surface area contributed by atoms with Crippen LogP contribution in [0, 0.1) is 0 Å². The number of carbonyl (C=O) groups is 1. The lowest BCUT2D eigenvalue weighted by atomic mass is 10.1. The smallest absolute Gasteiger partial charge is 0.357 e. The number of fused-ring (bicyclic) bond motifs is 3. The van der Waals surface area contributed by atoms with E-state index in [4.69, 9.17) is 5.11 Å². The second kappa shape index (κ2) is 3.31. The number of aromatic carboxylic acids is 1. The highest BCUT2D eigenvalue weighted by molar-refractivity contribution is 6.11. The molecule has 2 aromatic carbocycles. The van der Waals surface area contributed by atoms with E-state index in [0.717, 1.165) is 16.3 Å². The zero-order valence-corrected chi connectivity index (χ0v) is 9.21. The third-order valence-corrected chi connectivity index (χ3v) is 2.93. The normalized spacial score (nSPS) is 11.1. The van der Waals surface area contributed by atoms with Gasteiger partial charge in [-0.3, -0.25) is 4.68 Å². The van der Waals surface area contributed by atoms with Crippen LogP contribution < -0.4 is 0 Å². The van der Waals surface area contributed by atoms with Gasteiger partial charge in [0, 0.05) is 17.8 Å². The molecule has 0 fully saturated rings. The molecule has 4 nitrogen and oxygen atoms in total. The molecular formula is C13H10N2O2. The van der Waals surface area contributed by atoms with Gasteiger partial charge in [-0.25, -0.2) is 4.79 Å². The van der Waals surface area contributed by atoms with Gasteiger partial charge in [0.1, 0.15) is 0 Å². The van der Waals surface area contributed by atoms with Gasteiger partial charge < -0.3 is 5.11 Å². The number of aromatic nitrogens is 2. The molecule has 0 saturated carbocycles. The van der Waals surface area contributed by atoms with Crippen LogP contribution in [0.3, 0.4) is 0 Å². The first-order valence-corrected chi connectivity index (χ1v) is 5.26. The fourth-order valence-electron chi connectivity index (χ4n) is 2.21. The van der Waals surface area contributed by atoms with E-state index in [2.05, 4.69) is 5.10 Å². The summed E-state index contributed by atoms with van der Waals surface area (Å²) in [4.78, 5) is 11.1. The highest BCUT2D eigenvalue weighted by Crippen LogP contribution is 2.26. The average molecular weight is 226 g/mol.